The topological polar surface area (TPSA) is 110 Å². The lowest BCUT2D eigenvalue weighted by atomic mass is 10.0. The molecular formula is C17H22N2O6. The van der Waals surface area contributed by atoms with Crippen molar-refractivity contribution in [2.75, 3.05) is 20.3 Å². The van der Waals surface area contributed by atoms with Crippen molar-refractivity contribution >= 4 is 23.6 Å². The number of ether oxygens (including phenoxy) is 1. The number of rotatable bonds is 8. The summed E-state index contributed by atoms with van der Waals surface area (Å²) in [5, 5.41) is 20.1. The predicted octanol–water partition coefficient (Wildman–Crippen LogP) is 1.77. The summed E-state index contributed by atoms with van der Waals surface area (Å²) in [7, 11) is 1.26. The van der Waals surface area contributed by atoms with Crippen molar-refractivity contribution in [2.24, 2.45) is 0 Å². The summed E-state index contributed by atoms with van der Waals surface area (Å²) in [4.78, 5) is 35.3. The van der Waals surface area contributed by atoms with Crippen LogP contribution in [0.1, 0.15) is 25.8 Å². The second-order valence-electron chi connectivity index (χ2n) is 5.97. The standard InChI is InChI=1S/C17H22N2O6/c1-17(2,12-20)18(11-10-16(22)25-3)15(21)9-6-13-4-7-14(8-5-13)19(23)24/h4-9,20H,10-12H2,1-3H3/b9-6+. The van der Waals surface area contributed by atoms with Crippen LogP contribution in [0.5, 0.6) is 0 Å². The first kappa shape index (κ1) is 20.3. The minimum absolute atomic E-state index is 0.0110. The van der Waals surface area contributed by atoms with Gasteiger partial charge >= 0.3 is 5.97 Å². The van der Waals surface area contributed by atoms with E-state index in [4.69, 9.17) is 0 Å². The molecule has 0 bridgehead atoms. The average molecular weight is 350 g/mol. The molecule has 0 aromatic heterocycles. The van der Waals surface area contributed by atoms with Crippen LogP contribution in [0, 0.1) is 10.1 Å². The third-order valence-electron chi connectivity index (χ3n) is 3.67. The van der Waals surface area contributed by atoms with Gasteiger partial charge in [-0.05, 0) is 37.6 Å². The molecule has 136 valence electrons. The maximum absolute atomic E-state index is 12.5. The maximum atomic E-state index is 12.5. The number of hydrogen-bond acceptors (Lipinski definition) is 6. The van der Waals surface area contributed by atoms with Crippen LogP contribution in [-0.4, -0.2) is 52.6 Å². The van der Waals surface area contributed by atoms with Crippen LogP contribution >= 0.6 is 0 Å². The van der Waals surface area contributed by atoms with Crippen molar-refractivity contribution in [1.29, 1.82) is 0 Å². The Bertz CT molecular complexity index is 652. The second kappa shape index (κ2) is 8.93. The van der Waals surface area contributed by atoms with E-state index in [0.29, 0.717) is 5.56 Å². The third-order valence-corrected chi connectivity index (χ3v) is 3.67. The van der Waals surface area contributed by atoms with Gasteiger partial charge in [-0.25, -0.2) is 0 Å². The average Bonchev–Trinajstić information content (AvgIpc) is 2.59. The molecule has 1 aromatic carbocycles. The van der Waals surface area contributed by atoms with Gasteiger partial charge in [0.25, 0.3) is 5.69 Å². The largest absolute Gasteiger partial charge is 0.469 e. The summed E-state index contributed by atoms with van der Waals surface area (Å²) in [5.74, 6) is -0.841. The second-order valence-corrected chi connectivity index (χ2v) is 5.97. The predicted molar refractivity (Wildman–Crippen MR) is 91.6 cm³/mol. The van der Waals surface area contributed by atoms with E-state index in [1.165, 1.54) is 48.4 Å². The number of benzene rings is 1. The van der Waals surface area contributed by atoms with Crippen LogP contribution in [0.4, 0.5) is 5.69 Å². The normalized spacial score (nSPS) is 11.4. The van der Waals surface area contributed by atoms with Gasteiger partial charge in [0, 0.05) is 24.8 Å². The lowest BCUT2D eigenvalue weighted by Crippen LogP contribution is -2.50. The Hall–Kier alpha value is -2.74. The molecule has 0 saturated carbocycles. The van der Waals surface area contributed by atoms with E-state index in [-0.39, 0.29) is 31.2 Å². The zero-order chi connectivity index (χ0) is 19.0. The molecule has 0 saturated heterocycles. The third kappa shape index (κ3) is 6.00. The molecule has 1 amide bonds. The summed E-state index contributed by atoms with van der Waals surface area (Å²) in [5.41, 5.74) is -0.275. The number of non-ortho nitro benzene ring substituents is 1. The van der Waals surface area contributed by atoms with Gasteiger partial charge in [0.1, 0.15) is 0 Å². The van der Waals surface area contributed by atoms with Gasteiger partial charge in [-0.15, -0.1) is 0 Å². The summed E-state index contributed by atoms with van der Waals surface area (Å²) in [6, 6.07) is 5.74. The molecule has 1 N–H and O–H groups in total. The molecule has 0 spiro atoms. The van der Waals surface area contributed by atoms with E-state index in [0.717, 1.165) is 0 Å². The van der Waals surface area contributed by atoms with Crippen molar-refractivity contribution in [2.45, 2.75) is 25.8 Å². The Kier molecular flexibility index (Phi) is 7.25. The van der Waals surface area contributed by atoms with E-state index >= 15 is 0 Å². The molecule has 1 aromatic rings. The number of nitrogens with zero attached hydrogens (tertiary/aromatic N) is 2. The molecule has 0 aliphatic carbocycles. The number of nitro groups is 1. The van der Waals surface area contributed by atoms with Gasteiger partial charge in [-0.2, -0.15) is 0 Å². The number of aliphatic hydroxyl groups is 1. The van der Waals surface area contributed by atoms with Crippen molar-refractivity contribution in [3.8, 4) is 0 Å². The van der Waals surface area contributed by atoms with Crippen molar-refractivity contribution in [1.82, 2.24) is 4.90 Å². The first-order valence-electron chi connectivity index (χ1n) is 7.63. The van der Waals surface area contributed by atoms with Crippen LogP contribution in [0.25, 0.3) is 6.08 Å². The molecular weight excluding hydrogens is 328 g/mol. The minimum Gasteiger partial charge on any atom is -0.469 e. The van der Waals surface area contributed by atoms with Crippen LogP contribution in [0.3, 0.4) is 0 Å². The molecule has 8 nitrogen and oxygen atoms in total. The quantitative estimate of drug-likeness (QED) is 0.331. The van der Waals surface area contributed by atoms with Crippen LogP contribution in [-0.2, 0) is 14.3 Å². The molecule has 0 aliphatic heterocycles. The number of carbonyl (C=O) groups is 2. The lowest BCUT2D eigenvalue weighted by Gasteiger charge is -2.36. The highest BCUT2D eigenvalue weighted by Crippen LogP contribution is 2.17. The Morgan fingerprint density at radius 3 is 2.40 bits per heavy atom. The fourth-order valence-corrected chi connectivity index (χ4v) is 2.07. The molecule has 0 aliphatic rings. The van der Waals surface area contributed by atoms with E-state index < -0.39 is 16.4 Å². The highest BCUT2D eigenvalue weighted by molar-refractivity contribution is 5.92. The molecule has 8 heteroatoms. The summed E-state index contributed by atoms with van der Waals surface area (Å²) >= 11 is 0. The maximum Gasteiger partial charge on any atom is 0.307 e. The fraction of sp³-hybridized carbons (Fsp3) is 0.412. The summed E-state index contributed by atoms with van der Waals surface area (Å²) < 4.78 is 4.57. The zero-order valence-electron chi connectivity index (χ0n) is 14.5. The van der Waals surface area contributed by atoms with Crippen molar-refractivity contribution in [3.63, 3.8) is 0 Å². The number of amides is 1. The lowest BCUT2D eigenvalue weighted by molar-refractivity contribution is -0.384. The SMILES string of the molecule is COC(=O)CCN(C(=O)/C=C/c1ccc([N+](=O)[O-])cc1)C(C)(C)CO. The first-order chi connectivity index (χ1) is 11.7. The molecule has 0 unspecified atom stereocenters. The van der Waals surface area contributed by atoms with Crippen molar-refractivity contribution in [3.05, 3.63) is 46.0 Å². The number of carbonyl (C=O) groups excluding carboxylic acids is 2. The number of esters is 1. The number of methoxy groups -OCH3 is 1. The Labute approximate surface area is 145 Å². The Morgan fingerprint density at radius 1 is 1.32 bits per heavy atom. The first-order valence-corrected chi connectivity index (χ1v) is 7.63. The highest BCUT2D eigenvalue weighted by Gasteiger charge is 2.29. The van der Waals surface area contributed by atoms with Gasteiger partial charge in [0.2, 0.25) is 5.91 Å². The fourth-order valence-electron chi connectivity index (χ4n) is 2.07. The van der Waals surface area contributed by atoms with E-state index in [1.54, 1.807) is 13.8 Å². The van der Waals surface area contributed by atoms with E-state index in [9.17, 15) is 24.8 Å². The van der Waals surface area contributed by atoms with Gasteiger partial charge in [0.05, 0.1) is 30.6 Å². The Morgan fingerprint density at radius 2 is 1.92 bits per heavy atom. The van der Waals surface area contributed by atoms with Crippen LogP contribution in [0.15, 0.2) is 30.3 Å². The number of hydrogen-bond donors (Lipinski definition) is 1. The molecule has 25 heavy (non-hydrogen) atoms. The molecule has 0 atom stereocenters. The molecule has 0 fully saturated rings. The van der Waals surface area contributed by atoms with Crippen molar-refractivity contribution < 1.29 is 24.4 Å². The van der Waals surface area contributed by atoms with Crippen LogP contribution in [0.2, 0.25) is 0 Å². The molecule has 0 heterocycles. The highest BCUT2D eigenvalue weighted by atomic mass is 16.6. The van der Waals surface area contributed by atoms with Gasteiger partial charge in [-0.3, -0.25) is 19.7 Å². The minimum atomic E-state index is -0.856. The van der Waals surface area contributed by atoms with Gasteiger partial charge in [-0.1, -0.05) is 0 Å². The smallest absolute Gasteiger partial charge is 0.307 e. The molecule has 0 radical (unpaired) electrons. The van der Waals surface area contributed by atoms with E-state index in [2.05, 4.69) is 4.74 Å². The number of nitro benzene ring substituents is 1. The number of aliphatic hydroxyl groups excluding tert-OH is 1. The molecule has 1 rings (SSSR count). The van der Waals surface area contributed by atoms with Gasteiger partial charge < -0.3 is 14.7 Å². The van der Waals surface area contributed by atoms with E-state index in [1.807, 2.05) is 0 Å². The summed E-state index contributed by atoms with van der Waals surface area (Å²) in [6.45, 7) is 3.19. The van der Waals surface area contributed by atoms with Gasteiger partial charge in [0.15, 0.2) is 0 Å². The zero-order valence-corrected chi connectivity index (χ0v) is 14.5. The van der Waals surface area contributed by atoms with Crippen LogP contribution < -0.4 is 0 Å². The monoisotopic (exact) mass is 350 g/mol. The summed E-state index contributed by atoms with van der Waals surface area (Å²) in [6.07, 6.45) is 2.83. The Balaban J connectivity index is 2.89.